The van der Waals surface area contributed by atoms with Crippen LogP contribution in [-0.4, -0.2) is 38.1 Å². The molecule has 0 aliphatic carbocycles. The molecule has 110 valence electrons. The van der Waals surface area contributed by atoms with Gasteiger partial charge in [0.2, 0.25) is 0 Å². The molecule has 1 fully saturated rings. The lowest BCUT2D eigenvalue weighted by Crippen LogP contribution is -2.44. The second kappa shape index (κ2) is 10.9. The number of anilines is 1. The topological polar surface area (TPSA) is 6.48 Å². The monoisotopic (exact) mass is 264 g/mol. The fraction of sp³-hybridized carbons (Fsp3) is 0.647. The van der Waals surface area contributed by atoms with Gasteiger partial charge < -0.3 is 9.80 Å². The van der Waals surface area contributed by atoms with Gasteiger partial charge in [-0.15, -0.1) is 0 Å². The minimum atomic E-state index is 1.15. The van der Waals surface area contributed by atoms with Crippen molar-refractivity contribution < 1.29 is 0 Å². The van der Waals surface area contributed by atoms with Gasteiger partial charge in [-0.25, -0.2) is 0 Å². The summed E-state index contributed by atoms with van der Waals surface area (Å²) in [5, 5.41) is 0. The Kier molecular flexibility index (Phi) is 10.3. The van der Waals surface area contributed by atoms with Crippen molar-refractivity contribution in [2.75, 3.05) is 38.1 Å². The molecule has 0 unspecified atom stereocenters. The summed E-state index contributed by atoms with van der Waals surface area (Å²) < 4.78 is 0. The van der Waals surface area contributed by atoms with Crippen molar-refractivity contribution >= 4 is 5.69 Å². The highest BCUT2D eigenvalue weighted by Crippen LogP contribution is 2.16. The van der Waals surface area contributed by atoms with Crippen molar-refractivity contribution in [3.05, 3.63) is 29.8 Å². The van der Waals surface area contributed by atoms with Crippen LogP contribution in [0.2, 0.25) is 0 Å². The standard InChI is InChI=1S/C12H18N2.C3H8.C2H6/c1-11-3-5-12(6-4-11)14-9-7-13(2)8-10-14;1-3-2;1-2/h3-6H,7-10H2,1-2H3;3H2,1-2H3;1-2H3. The van der Waals surface area contributed by atoms with Gasteiger partial charge in [0.1, 0.15) is 0 Å². The maximum absolute atomic E-state index is 2.46. The molecule has 1 heterocycles. The quantitative estimate of drug-likeness (QED) is 0.750. The van der Waals surface area contributed by atoms with Gasteiger partial charge in [0.25, 0.3) is 0 Å². The minimum Gasteiger partial charge on any atom is -0.369 e. The molecule has 0 bridgehead atoms. The zero-order chi connectivity index (χ0) is 14.7. The molecule has 2 rings (SSSR count). The van der Waals surface area contributed by atoms with Crippen LogP contribution in [0.3, 0.4) is 0 Å². The highest BCUT2D eigenvalue weighted by molar-refractivity contribution is 5.47. The zero-order valence-corrected chi connectivity index (χ0v) is 13.7. The number of rotatable bonds is 1. The summed E-state index contributed by atoms with van der Waals surface area (Å²) in [5.74, 6) is 0. The molecule has 1 saturated heterocycles. The van der Waals surface area contributed by atoms with Crippen LogP contribution in [0.5, 0.6) is 0 Å². The molecule has 1 aliphatic rings. The maximum atomic E-state index is 2.46. The van der Waals surface area contributed by atoms with Crippen LogP contribution in [0.15, 0.2) is 24.3 Å². The van der Waals surface area contributed by atoms with Gasteiger partial charge in [-0.05, 0) is 26.1 Å². The molecule has 0 N–H and O–H groups in total. The van der Waals surface area contributed by atoms with Gasteiger partial charge in [-0.1, -0.05) is 51.8 Å². The maximum Gasteiger partial charge on any atom is 0.0367 e. The fourth-order valence-electron chi connectivity index (χ4n) is 1.82. The van der Waals surface area contributed by atoms with E-state index < -0.39 is 0 Å². The van der Waals surface area contributed by atoms with E-state index in [-0.39, 0.29) is 0 Å². The third-order valence-corrected chi connectivity index (χ3v) is 2.90. The van der Waals surface area contributed by atoms with Crippen LogP contribution in [0.25, 0.3) is 0 Å². The Morgan fingerprint density at radius 3 is 1.74 bits per heavy atom. The van der Waals surface area contributed by atoms with Crippen LogP contribution in [0.1, 0.15) is 39.7 Å². The Morgan fingerprint density at radius 1 is 0.895 bits per heavy atom. The SMILES string of the molecule is CC.CCC.Cc1ccc(N2CCN(C)CC2)cc1. The van der Waals surface area contributed by atoms with E-state index in [1.165, 1.54) is 30.8 Å². The van der Waals surface area contributed by atoms with E-state index in [4.69, 9.17) is 0 Å². The first-order chi connectivity index (χ1) is 9.17. The fourth-order valence-corrected chi connectivity index (χ4v) is 1.82. The average molecular weight is 264 g/mol. The van der Waals surface area contributed by atoms with E-state index in [0.717, 1.165) is 13.1 Å². The summed E-state index contributed by atoms with van der Waals surface area (Å²) in [6, 6.07) is 8.82. The predicted molar refractivity (Wildman–Crippen MR) is 88.2 cm³/mol. The van der Waals surface area contributed by atoms with Crippen molar-refractivity contribution in [1.82, 2.24) is 4.90 Å². The third kappa shape index (κ3) is 7.22. The van der Waals surface area contributed by atoms with Gasteiger partial charge in [-0.3, -0.25) is 0 Å². The molecular weight excluding hydrogens is 232 g/mol. The van der Waals surface area contributed by atoms with E-state index in [2.05, 4.69) is 61.9 Å². The molecule has 2 nitrogen and oxygen atoms in total. The smallest absolute Gasteiger partial charge is 0.0367 e. The highest BCUT2D eigenvalue weighted by Gasteiger charge is 2.13. The van der Waals surface area contributed by atoms with E-state index in [0.29, 0.717) is 0 Å². The molecule has 1 aromatic rings. The van der Waals surface area contributed by atoms with E-state index in [1.807, 2.05) is 13.8 Å². The van der Waals surface area contributed by atoms with Gasteiger partial charge in [0.05, 0.1) is 0 Å². The molecule has 1 aromatic carbocycles. The van der Waals surface area contributed by atoms with Crippen molar-refractivity contribution in [2.24, 2.45) is 0 Å². The Morgan fingerprint density at radius 2 is 1.32 bits per heavy atom. The Labute approximate surface area is 120 Å². The average Bonchev–Trinajstić information content (AvgIpc) is 2.44. The second-order valence-corrected chi connectivity index (χ2v) is 4.83. The molecular formula is C17H32N2. The number of likely N-dealkylation sites (N-methyl/N-ethyl adjacent to an activating group) is 1. The normalized spacial score (nSPS) is 14.9. The first-order valence-corrected chi connectivity index (χ1v) is 7.67. The Bertz CT molecular complexity index is 298. The lowest BCUT2D eigenvalue weighted by molar-refractivity contribution is 0.313. The van der Waals surface area contributed by atoms with Crippen molar-refractivity contribution in [1.29, 1.82) is 0 Å². The minimum absolute atomic E-state index is 1.15. The van der Waals surface area contributed by atoms with Crippen molar-refractivity contribution in [3.8, 4) is 0 Å². The number of aryl methyl sites for hydroxylation is 1. The van der Waals surface area contributed by atoms with E-state index >= 15 is 0 Å². The molecule has 1 aliphatic heterocycles. The van der Waals surface area contributed by atoms with Crippen LogP contribution in [-0.2, 0) is 0 Å². The Hall–Kier alpha value is -1.02. The van der Waals surface area contributed by atoms with Gasteiger partial charge >= 0.3 is 0 Å². The molecule has 0 spiro atoms. The number of piperazine rings is 1. The predicted octanol–water partition coefficient (Wildman–Crippen LogP) is 4.19. The van der Waals surface area contributed by atoms with Crippen LogP contribution < -0.4 is 4.90 Å². The Balaban J connectivity index is 0.000000573. The van der Waals surface area contributed by atoms with Gasteiger partial charge in [-0.2, -0.15) is 0 Å². The summed E-state index contributed by atoms with van der Waals surface area (Å²) in [5.41, 5.74) is 2.70. The second-order valence-electron chi connectivity index (χ2n) is 4.83. The van der Waals surface area contributed by atoms with E-state index in [1.54, 1.807) is 0 Å². The van der Waals surface area contributed by atoms with E-state index in [9.17, 15) is 0 Å². The van der Waals surface area contributed by atoms with Gasteiger partial charge in [0.15, 0.2) is 0 Å². The molecule has 2 heteroatoms. The summed E-state index contributed by atoms with van der Waals surface area (Å²) >= 11 is 0. The van der Waals surface area contributed by atoms with Crippen LogP contribution in [0, 0.1) is 6.92 Å². The molecule has 0 aromatic heterocycles. The summed E-state index contributed by atoms with van der Waals surface area (Å²) in [6.45, 7) is 15.0. The van der Waals surface area contributed by atoms with Crippen molar-refractivity contribution in [2.45, 2.75) is 41.0 Å². The van der Waals surface area contributed by atoms with Crippen molar-refractivity contribution in [3.63, 3.8) is 0 Å². The van der Waals surface area contributed by atoms with Crippen LogP contribution in [0.4, 0.5) is 5.69 Å². The molecule has 0 amide bonds. The molecule has 0 radical (unpaired) electrons. The summed E-state index contributed by atoms with van der Waals surface area (Å²) in [7, 11) is 2.19. The number of benzene rings is 1. The molecule has 0 saturated carbocycles. The zero-order valence-electron chi connectivity index (χ0n) is 13.7. The molecule has 0 atom stereocenters. The number of hydrogen-bond donors (Lipinski definition) is 0. The highest BCUT2D eigenvalue weighted by atomic mass is 15.2. The summed E-state index contributed by atoms with van der Waals surface area (Å²) in [4.78, 5) is 4.84. The first kappa shape index (κ1) is 18.0. The first-order valence-electron chi connectivity index (χ1n) is 7.67. The van der Waals surface area contributed by atoms with Crippen LogP contribution >= 0.6 is 0 Å². The summed E-state index contributed by atoms with van der Waals surface area (Å²) in [6.07, 6.45) is 1.25. The van der Waals surface area contributed by atoms with Gasteiger partial charge in [0, 0.05) is 31.9 Å². The molecule has 19 heavy (non-hydrogen) atoms. The number of hydrogen-bond acceptors (Lipinski definition) is 2. The number of nitrogens with zero attached hydrogens (tertiary/aromatic N) is 2. The third-order valence-electron chi connectivity index (χ3n) is 2.90. The largest absolute Gasteiger partial charge is 0.369 e. The lowest BCUT2D eigenvalue weighted by atomic mass is 10.2. The lowest BCUT2D eigenvalue weighted by Gasteiger charge is -2.34.